The van der Waals surface area contributed by atoms with E-state index in [1.54, 1.807) is 10.8 Å². The van der Waals surface area contributed by atoms with E-state index in [-0.39, 0.29) is 5.91 Å². The summed E-state index contributed by atoms with van der Waals surface area (Å²) in [7, 11) is 0. The highest BCUT2D eigenvalue weighted by Crippen LogP contribution is 2.26. The summed E-state index contributed by atoms with van der Waals surface area (Å²) < 4.78 is 1.64. The van der Waals surface area contributed by atoms with Crippen LogP contribution in [0.4, 0.5) is 0 Å². The summed E-state index contributed by atoms with van der Waals surface area (Å²) in [5.41, 5.74) is 1.56. The highest BCUT2D eigenvalue weighted by Gasteiger charge is 2.17. The fraction of sp³-hybridized carbons (Fsp3) is 0.222. The molecule has 1 aliphatic carbocycles. The molecule has 1 atom stereocenters. The van der Waals surface area contributed by atoms with Gasteiger partial charge < -0.3 is 5.11 Å². The van der Waals surface area contributed by atoms with Crippen molar-refractivity contribution in [2.24, 2.45) is 5.92 Å². The summed E-state index contributed by atoms with van der Waals surface area (Å²) in [6.07, 6.45) is 11.1. The van der Waals surface area contributed by atoms with Crippen LogP contribution in [0.5, 0.6) is 0 Å². The van der Waals surface area contributed by atoms with Crippen molar-refractivity contribution in [3.63, 3.8) is 0 Å². The fourth-order valence-electron chi connectivity index (χ4n) is 2.89. The Hall–Kier alpha value is -2.62. The Morgan fingerprint density at radius 2 is 2.14 bits per heavy atom. The first-order chi connectivity index (χ1) is 10.6. The Kier molecular flexibility index (Phi) is 3.92. The average molecular weight is 295 g/mol. The van der Waals surface area contributed by atoms with E-state index in [4.69, 9.17) is 5.11 Å². The van der Waals surface area contributed by atoms with E-state index in [2.05, 4.69) is 12.2 Å². The molecule has 0 spiro atoms. The van der Waals surface area contributed by atoms with E-state index in [0.29, 0.717) is 12.3 Å². The zero-order valence-electron chi connectivity index (χ0n) is 12.1. The number of carboxylic acid groups (broad SMARTS) is 1. The van der Waals surface area contributed by atoms with Gasteiger partial charge >= 0.3 is 5.97 Å². The van der Waals surface area contributed by atoms with Gasteiger partial charge in [0, 0.05) is 29.6 Å². The molecule has 0 aliphatic heterocycles. The highest BCUT2D eigenvalue weighted by molar-refractivity contribution is 5.99. The minimum atomic E-state index is -1.00. The van der Waals surface area contributed by atoms with Crippen molar-refractivity contribution < 1.29 is 14.7 Å². The van der Waals surface area contributed by atoms with Gasteiger partial charge in [-0.15, -0.1) is 0 Å². The lowest BCUT2D eigenvalue weighted by Crippen LogP contribution is -2.12. The van der Waals surface area contributed by atoms with Crippen molar-refractivity contribution >= 4 is 28.9 Å². The SMILES string of the molecule is O=C(O)/C=C/c1cn(C(=O)CC2C=CCC2)c2ccccc12. The maximum absolute atomic E-state index is 12.6. The number of fused-ring (bicyclic) bond motifs is 1. The Balaban J connectivity index is 1.96. The molecular weight excluding hydrogens is 278 g/mol. The van der Waals surface area contributed by atoms with Gasteiger partial charge in [0.25, 0.3) is 0 Å². The molecular formula is C18H17NO3. The normalized spacial score (nSPS) is 17.5. The van der Waals surface area contributed by atoms with Crippen molar-refractivity contribution in [3.8, 4) is 0 Å². The Morgan fingerprint density at radius 3 is 2.86 bits per heavy atom. The van der Waals surface area contributed by atoms with Crippen LogP contribution in [-0.4, -0.2) is 21.6 Å². The lowest BCUT2D eigenvalue weighted by molar-refractivity contribution is -0.131. The predicted octanol–water partition coefficient (Wildman–Crippen LogP) is 3.74. The number of carbonyl (C=O) groups is 2. The van der Waals surface area contributed by atoms with E-state index in [1.165, 1.54) is 6.08 Å². The molecule has 4 heteroatoms. The number of allylic oxidation sites excluding steroid dienone is 2. The van der Waals surface area contributed by atoms with Crippen LogP contribution in [0.3, 0.4) is 0 Å². The number of carbonyl (C=O) groups excluding carboxylic acids is 1. The molecule has 0 amide bonds. The first kappa shape index (κ1) is 14.3. The van der Waals surface area contributed by atoms with Crippen molar-refractivity contribution in [2.75, 3.05) is 0 Å². The van der Waals surface area contributed by atoms with Gasteiger partial charge in [-0.05, 0) is 30.9 Å². The number of aromatic nitrogens is 1. The maximum Gasteiger partial charge on any atom is 0.328 e. The van der Waals surface area contributed by atoms with E-state index < -0.39 is 5.97 Å². The smallest absolute Gasteiger partial charge is 0.328 e. The third-order valence-corrected chi connectivity index (χ3v) is 3.97. The zero-order valence-corrected chi connectivity index (χ0v) is 12.1. The first-order valence-corrected chi connectivity index (χ1v) is 7.36. The van der Waals surface area contributed by atoms with Crippen LogP contribution in [-0.2, 0) is 4.79 Å². The van der Waals surface area contributed by atoms with Gasteiger partial charge in [-0.2, -0.15) is 0 Å². The lowest BCUT2D eigenvalue weighted by Gasteiger charge is -2.08. The molecule has 4 nitrogen and oxygen atoms in total. The van der Waals surface area contributed by atoms with E-state index in [9.17, 15) is 9.59 Å². The molecule has 1 aromatic heterocycles. The number of para-hydroxylation sites is 1. The standard InChI is InChI=1S/C18H17NO3/c20-17(11-13-5-1-2-6-13)19-12-14(9-10-18(21)22)15-7-3-4-8-16(15)19/h1,3-5,7-10,12-13H,2,6,11H2,(H,21,22)/b10-9+. The van der Waals surface area contributed by atoms with Crippen LogP contribution in [0.15, 0.2) is 48.7 Å². The fourth-order valence-corrected chi connectivity index (χ4v) is 2.89. The van der Waals surface area contributed by atoms with Gasteiger partial charge in [0.2, 0.25) is 5.91 Å². The van der Waals surface area contributed by atoms with Crippen LogP contribution in [0.1, 0.15) is 29.6 Å². The average Bonchev–Trinajstić information content (AvgIpc) is 3.12. The minimum absolute atomic E-state index is 0.0442. The van der Waals surface area contributed by atoms with Gasteiger partial charge in [0.15, 0.2) is 0 Å². The van der Waals surface area contributed by atoms with Gasteiger partial charge in [-0.1, -0.05) is 30.4 Å². The second-order valence-electron chi connectivity index (χ2n) is 5.51. The third kappa shape index (κ3) is 2.86. The second-order valence-corrected chi connectivity index (χ2v) is 5.51. The molecule has 1 N–H and O–H groups in total. The quantitative estimate of drug-likeness (QED) is 0.690. The third-order valence-electron chi connectivity index (χ3n) is 3.97. The summed E-state index contributed by atoms with van der Waals surface area (Å²) in [4.78, 5) is 23.3. The van der Waals surface area contributed by atoms with Crippen LogP contribution in [0, 0.1) is 5.92 Å². The van der Waals surface area contributed by atoms with Crippen LogP contribution in [0.2, 0.25) is 0 Å². The van der Waals surface area contributed by atoms with Crippen LogP contribution >= 0.6 is 0 Å². The van der Waals surface area contributed by atoms with Gasteiger partial charge in [-0.3, -0.25) is 9.36 Å². The molecule has 0 saturated heterocycles. The molecule has 1 aromatic carbocycles. The van der Waals surface area contributed by atoms with Crippen LogP contribution < -0.4 is 0 Å². The molecule has 0 radical (unpaired) electrons. The van der Waals surface area contributed by atoms with E-state index in [1.807, 2.05) is 24.3 Å². The van der Waals surface area contributed by atoms with E-state index >= 15 is 0 Å². The predicted molar refractivity (Wildman–Crippen MR) is 85.7 cm³/mol. The Morgan fingerprint density at radius 1 is 1.32 bits per heavy atom. The second kappa shape index (κ2) is 6.02. The van der Waals surface area contributed by atoms with Crippen LogP contribution in [0.25, 0.3) is 17.0 Å². The molecule has 0 bridgehead atoms. The van der Waals surface area contributed by atoms with Gasteiger partial charge in [-0.25, -0.2) is 4.79 Å². The van der Waals surface area contributed by atoms with Crippen molar-refractivity contribution in [3.05, 3.63) is 54.3 Å². The topological polar surface area (TPSA) is 59.3 Å². The monoisotopic (exact) mass is 295 g/mol. The largest absolute Gasteiger partial charge is 0.478 e. The van der Waals surface area contributed by atoms with Crippen molar-refractivity contribution in [1.82, 2.24) is 4.57 Å². The molecule has 2 aromatic rings. The number of carboxylic acids is 1. The van der Waals surface area contributed by atoms with Gasteiger partial charge in [0.1, 0.15) is 0 Å². The summed E-state index contributed by atoms with van der Waals surface area (Å²) in [6, 6.07) is 7.55. The number of rotatable bonds is 4. The number of aliphatic carboxylic acids is 1. The zero-order chi connectivity index (χ0) is 15.5. The maximum atomic E-state index is 12.6. The summed E-state index contributed by atoms with van der Waals surface area (Å²) >= 11 is 0. The molecule has 112 valence electrons. The lowest BCUT2D eigenvalue weighted by atomic mass is 10.1. The van der Waals surface area contributed by atoms with E-state index in [0.717, 1.165) is 35.4 Å². The molecule has 3 rings (SSSR count). The summed E-state index contributed by atoms with van der Waals surface area (Å²) in [5, 5.41) is 9.67. The molecule has 1 heterocycles. The number of hydrogen-bond donors (Lipinski definition) is 1. The first-order valence-electron chi connectivity index (χ1n) is 7.36. The van der Waals surface area contributed by atoms with Crippen molar-refractivity contribution in [2.45, 2.75) is 19.3 Å². The Bertz CT molecular complexity index is 783. The molecule has 0 fully saturated rings. The highest BCUT2D eigenvalue weighted by atomic mass is 16.4. The molecule has 0 saturated carbocycles. The molecule has 1 unspecified atom stereocenters. The Labute approximate surface area is 128 Å². The number of nitrogens with zero attached hydrogens (tertiary/aromatic N) is 1. The molecule has 22 heavy (non-hydrogen) atoms. The summed E-state index contributed by atoms with van der Waals surface area (Å²) in [5.74, 6) is -0.645. The summed E-state index contributed by atoms with van der Waals surface area (Å²) in [6.45, 7) is 0. The van der Waals surface area contributed by atoms with Gasteiger partial charge in [0.05, 0.1) is 5.52 Å². The number of benzene rings is 1. The minimum Gasteiger partial charge on any atom is -0.478 e. The molecule has 1 aliphatic rings. The number of hydrogen-bond acceptors (Lipinski definition) is 2. The van der Waals surface area contributed by atoms with Crippen molar-refractivity contribution in [1.29, 1.82) is 0 Å².